The Morgan fingerprint density at radius 1 is 1.22 bits per heavy atom. The molecule has 6 nitrogen and oxygen atoms in total. The summed E-state index contributed by atoms with van der Waals surface area (Å²) in [5, 5.41) is 6.51. The second-order valence-electron chi connectivity index (χ2n) is 6.30. The van der Waals surface area contributed by atoms with Gasteiger partial charge >= 0.3 is 0 Å². The number of carbonyl (C=O) groups excluding carboxylic acids is 1. The van der Waals surface area contributed by atoms with Gasteiger partial charge in [0.25, 0.3) is 0 Å². The number of hydrazone groups is 1. The Balaban J connectivity index is 2.04. The molecule has 1 heterocycles. The van der Waals surface area contributed by atoms with E-state index >= 15 is 0 Å². The molecule has 3 rings (SSSR count). The summed E-state index contributed by atoms with van der Waals surface area (Å²) in [7, 11) is -3.46. The fourth-order valence-corrected chi connectivity index (χ4v) is 3.91. The first-order valence-electron chi connectivity index (χ1n) is 8.51. The lowest BCUT2D eigenvalue weighted by Crippen LogP contribution is -2.27. The summed E-state index contributed by atoms with van der Waals surface area (Å²) in [4.78, 5) is 12.5. The molecule has 2 aromatic carbocycles. The van der Waals surface area contributed by atoms with Crippen LogP contribution in [0, 0.1) is 0 Å². The van der Waals surface area contributed by atoms with Gasteiger partial charge in [0, 0.05) is 29.0 Å². The first kappa shape index (κ1) is 19.4. The van der Waals surface area contributed by atoms with Crippen LogP contribution >= 0.6 is 11.6 Å². The third-order valence-electron chi connectivity index (χ3n) is 4.27. The molecule has 1 aliphatic rings. The number of hydrogen-bond donors (Lipinski definition) is 1. The number of nitrogens with zero attached hydrogens (tertiary/aromatic N) is 2. The van der Waals surface area contributed by atoms with Gasteiger partial charge in [-0.3, -0.25) is 9.52 Å². The molecule has 0 spiro atoms. The topological polar surface area (TPSA) is 78.8 Å². The minimum Gasteiger partial charge on any atom is -0.283 e. The Kier molecular flexibility index (Phi) is 5.53. The minimum atomic E-state index is -3.46. The van der Waals surface area contributed by atoms with Gasteiger partial charge in [0.2, 0.25) is 15.9 Å². The van der Waals surface area contributed by atoms with Crippen LogP contribution in [0.5, 0.6) is 0 Å². The van der Waals surface area contributed by atoms with E-state index < -0.39 is 16.1 Å². The van der Waals surface area contributed by atoms with E-state index in [0.717, 1.165) is 11.8 Å². The van der Waals surface area contributed by atoms with Gasteiger partial charge in [-0.1, -0.05) is 54.9 Å². The molecule has 1 aliphatic heterocycles. The summed E-state index contributed by atoms with van der Waals surface area (Å²) in [5.74, 6) is -0.142. The summed E-state index contributed by atoms with van der Waals surface area (Å²) < 4.78 is 26.0. The Morgan fingerprint density at radius 2 is 1.89 bits per heavy atom. The maximum Gasteiger partial charge on any atom is 0.242 e. The zero-order valence-electron chi connectivity index (χ0n) is 15.0. The van der Waals surface area contributed by atoms with Crippen LogP contribution in [0.1, 0.15) is 36.9 Å². The first-order valence-corrected chi connectivity index (χ1v) is 10.8. The van der Waals surface area contributed by atoms with Crippen molar-refractivity contribution in [3.63, 3.8) is 0 Å². The number of sulfonamides is 1. The molecule has 0 fully saturated rings. The second-order valence-corrected chi connectivity index (χ2v) is 8.46. The lowest BCUT2D eigenvalue weighted by atomic mass is 9.97. The van der Waals surface area contributed by atoms with E-state index in [0.29, 0.717) is 28.4 Å². The standard InChI is InChI=1S/C19H20ClN3O3S/c1-3-19(24)23-18(12-17(21-23)13-8-4-6-10-15(13)20)14-9-5-7-11-16(14)22-27(2,25)26/h4-11,18,22H,3,12H2,1-2H3/t18-/m1/s1. The number of carbonyl (C=O) groups is 1. The van der Waals surface area contributed by atoms with Crippen LogP contribution in [0.25, 0.3) is 0 Å². The summed E-state index contributed by atoms with van der Waals surface area (Å²) in [6.07, 6.45) is 1.83. The second kappa shape index (κ2) is 7.70. The molecule has 0 aliphatic carbocycles. The van der Waals surface area contributed by atoms with Gasteiger partial charge in [-0.25, -0.2) is 13.4 Å². The van der Waals surface area contributed by atoms with Crippen molar-refractivity contribution in [1.82, 2.24) is 5.01 Å². The van der Waals surface area contributed by atoms with Gasteiger partial charge in [0.15, 0.2) is 0 Å². The molecule has 0 unspecified atom stereocenters. The zero-order valence-corrected chi connectivity index (χ0v) is 16.6. The Labute approximate surface area is 163 Å². The molecule has 0 bridgehead atoms. The van der Waals surface area contributed by atoms with Crippen molar-refractivity contribution in [2.75, 3.05) is 11.0 Å². The van der Waals surface area contributed by atoms with Crippen molar-refractivity contribution in [2.24, 2.45) is 5.10 Å². The highest BCUT2D eigenvalue weighted by molar-refractivity contribution is 7.92. The van der Waals surface area contributed by atoms with Gasteiger partial charge in [-0.15, -0.1) is 0 Å². The molecule has 142 valence electrons. The van der Waals surface area contributed by atoms with Gasteiger partial charge in [-0.05, 0) is 12.1 Å². The molecular weight excluding hydrogens is 386 g/mol. The third-order valence-corrected chi connectivity index (χ3v) is 5.19. The van der Waals surface area contributed by atoms with Gasteiger partial charge < -0.3 is 0 Å². The Hall–Kier alpha value is -2.38. The Bertz CT molecular complexity index is 1000. The lowest BCUT2D eigenvalue weighted by molar-refractivity contribution is -0.132. The third kappa shape index (κ3) is 4.31. The van der Waals surface area contributed by atoms with E-state index in [2.05, 4.69) is 9.82 Å². The maximum atomic E-state index is 12.5. The molecule has 1 N–H and O–H groups in total. The fraction of sp³-hybridized carbons (Fsp3) is 0.263. The van der Waals surface area contributed by atoms with Crippen molar-refractivity contribution in [3.8, 4) is 0 Å². The molecule has 27 heavy (non-hydrogen) atoms. The van der Waals surface area contributed by atoms with E-state index in [1.807, 2.05) is 24.3 Å². The summed E-state index contributed by atoms with van der Waals surface area (Å²) in [6.45, 7) is 1.77. The van der Waals surface area contributed by atoms with E-state index in [4.69, 9.17) is 11.6 Å². The normalized spacial score (nSPS) is 16.9. The quantitative estimate of drug-likeness (QED) is 0.821. The average Bonchev–Trinajstić information content (AvgIpc) is 3.05. The predicted octanol–water partition coefficient (Wildman–Crippen LogP) is 3.80. The van der Waals surface area contributed by atoms with E-state index in [1.165, 1.54) is 5.01 Å². The summed E-state index contributed by atoms with van der Waals surface area (Å²) in [5.41, 5.74) is 2.59. The minimum absolute atomic E-state index is 0.142. The number of anilines is 1. The molecule has 1 atom stereocenters. The fourth-order valence-electron chi connectivity index (χ4n) is 3.08. The number of amides is 1. The smallest absolute Gasteiger partial charge is 0.242 e. The maximum absolute atomic E-state index is 12.5. The van der Waals surface area contributed by atoms with Crippen molar-refractivity contribution in [1.29, 1.82) is 0 Å². The summed E-state index contributed by atoms with van der Waals surface area (Å²) >= 11 is 6.30. The van der Waals surface area contributed by atoms with E-state index in [1.54, 1.807) is 31.2 Å². The number of benzene rings is 2. The molecule has 0 radical (unpaired) electrons. The van der Waals surface area contributed by atoms with Gasteiger partial charge in [-0.2, -0.15) is 5.10 Å². The van der Waals surface area contributed by atoms with Gasteiger partial charge in [0.05, 0.1) is 23.7 Å². The van der Waals surface area contributed by atoms with Crippen LogP contribution in [0.3, 0.4) is 0 Å². The largest absolute Gasteiger partial charge is 0.283 e. The molecular formula is C19H20ClN3O3S. The van der Waals surface area contributed by atoms with Crippen LogP contribution in [0.4, 0.5) is 5.69 Å². The number of nitrogens with one attached hydrogen (secondary N) is 1. The highest BCUT2D eigenvalue weighted by Crippen LogP contribution is 2.38. The number of hydrogen-bond acceptors (Lipinski definition) is 4. The van der Waals surface area contributed by atoms with Crippen LogP contribution in [-0.4, -0.2) is 31.3 Å². The van der Waals surface area contributed by atoms with Crippen molar-refractivity contribution < 1.29 is 13.2 Å². The monoisotopic (exact) mass is 405 g/mol. The lowest BCUT2D eigenvalue weighted by Gasteiger charge is -2.24. The molecule has 2 aromatic rings. The zero-order chi connectivity index (χ0) is 19.6. The van der Waals surface area contributed by atoms with Crippen LogP contribution in [-0.2, 0) is 14.8 Å². The highest BCUT2D eigenvalue weighted by atomic mass is 35.5. The Morgan fingerprint density at radius 3 is 2.56 bits per heavy atom. The number of halogens is 1. The van der Waals surface area contributed by atoms with Crippen molar-refractivity contribution in [3.05, 3.63) is 64.7 Å². The number of rotatable bonds is 5. The van der Waals surface area contributed by atoms with Gasteiger partial charge in [0.1, 0.15) is 0 Å². The van der Waals surface area contributed by atoms with Crippen LogP contribution < -0.4 is 4.72 Å². The van der Waals surface area contributed by atoms with Crippen LogP contribution in [0.15, 0.2) is 53.6 Å². The summed E-state index contributed by atoms with van der Waals surface area (Å²) in [6, 6.07) is 14.0. The molecule has 1 amide bonds. The van der Waals surface area contributed by atoms with Crippen LogP contribution in [0.2, 0.25) is 5.02 Å². The number of para-hydroxylation sites is 1. The van der Waals surface area contributed by atoms with Crippen molar-refractivity contribution >= 4 is 38.9 Å². The average molecular weight is 406 g/mol. The van der Waals surface area contributed by atoms with E-state index in [-0.39, 0.29) is 12.3 Å². The molecule has 0 saturated carbocycles. The highest BCUT2D eigenvalue weighted by Gasteiger charge is 2.34. The SMILES string of the molecule is CCC(=O)N1N=C(c2ccccc2Cl)C[C@@H]1c1ccccc1NS(C)(=O)=O. The molecule has 0 aromatic heterocycles. The predicted molar refractivity (Wildman–Crippen MR) is 107 cm³/mol. The van der Waals surface area contributed by atoms with Crippen molar-refractivity contribution in [2.45, 2.75) is 25.8 Å². The molecule has 8 heteroatoms. The first-order chi connectivity index (χ1) is 12.8. The van der Waals surface area contributed by atoms with E-state index in [9.17, 15) is 13.2 Å². The molecule has 0 saturated heterocycles.